The molecule has 13 heavy (non-hydrogen) atoms. The van der Waals surface area contributed by atoms with Crippen molar-refractivity contribution in [1.82, 2.24) is 10.3 Å². The van der Waals surface area contributed by atoms with Gasteiger partial charge in [0.15, 0.2) is 0 Å². The largest absolute Gasteiger partial charge is 0.317 e. The van der Waals surface area contributed by atoms with Crippen LogP contribution in [0.4, 0.5) is 0 Å². The average molecular weight is 181 g/mol. The molecule has 0 radical (unpaired) electrons. The molecule has 2 heterocycles. The topological polar surface area (TPSA) is 44.7 Å². The van der Waals surface area contributed by atoms with Gasteiger partial charge in [-0.1, -0.05) is 0 Å². The second-order valence-corrected chi connectivity index (χ2v) is 3.73. The van der Waals surface area contributed by atoms with Gasteiger partial charge in [0.1, 0.15) is 0 Å². The van der Waals surface area contributed by atoms with E-state index in [1.54, 1.807) is 5.01 Å². The van der Waals surface area contributed by atoms with E-state index in [0.717, 1.165) is 31.6 Å². The minimum atomic E-state index is 0.171. The molecule has 1 saturated heterocycles. The van der Waals surface area contributed by atoms with Crippen molar-refractivity contribution in [1.29, 1.82) is 0 Å². The highest BCUT2D eigenvalue weighted by atomic mass is 16.2. The Kier molecular flexibility index (Phi) is 2.31. The first kappa shape index (κ1) is 8.69. The molecule has 0 spiro atoms. The number of piperidine rings is 1. The summed E-state index contributed by atoms with van der Waals surface area (Å²) in [6.45, 7) is 3.92. The minimum absolute atomic E-state index is 0.171. The third kappa shape index (κ3) is 1.72. The van der Waals surface area contributed by atoms with Crippen molar-refractivity contribution in [3.63, 3.8) is 0 Å². The van der Waals surface area contributed by atoms with E-state index in [1.807, 2.05) is 6.92 Å². The van der Waals surface area contributed by atoms with Gasteiger partial charge in [-0.3, -0.25) is 4.79 Å². The Morgan fingerprint density at radius 1 is 1.46 bits per heavy atom. The number of carbonyl (C=O) groups is 1. The summed E-state index contributed by atoms with van der Waals surface area (Å²) in [6.07, 6.45) is 2.58. The van der Waals surface area contributed by atoms with Crippen LogP contribution in [0.5, 0.6) is 0 Å². The number of hydrazone groups is 1. The van der Waals surface area contributed by atoms with E-state index in [0.29, 0.717) is 12.5 Å². The molecule has 72 valence electrons. The third-order valence-corrected chi connectivity index (χ3v) is 2.60. The molecule has 2 aliphatic heterocycles. The highest BCUT2D eigenvalue weighted by Crippen LogP contribution is 2.18. The van der Waals surface area contributed by atoms with E-state index in [4.69, 9.17) is 0 Å². The number of hydrogen-bond acceptors (Lipinski definition) is 3. The number of hydrogen-bond donors (Lipinski definition) is 1. The van der Waals surface area contributed by atoms with Crippen LogP contribution in [0, 0.1) is 0 Å². The fraction of sp³-hybridized carbons (Fsp3) is 0.778. The van der Waals surface area contributed by atoms with Crippen LogP contribution in [-0.2, 0) is 4.79 Å². The van der Waals surface area contributed by atoms with Gasteiger partial charge in [0.2, 0.25) is 5.91 Å². The van der Waals surface area contributed by atoms with Crippen LogP contribution in [0.25, 0.3) is 0 Å². The molecule has 0 atom stereocenters. The Bertz CT molecular complexity index is 243. The first-order chi connectivity index (χ1) is 6.27. The molecule has 0 aromatic rings. The standard InChI is InChI=1S/C9H15N3O/c1-7-6-9(13)12(11-7)8-2-4-10-5-3-8/h8,10H,2-6H2,1H3. The first-order valence-electron chi connectivity index (χ1n) is 4.84. The second kappa shape index (κ2) is 3.46. The maximum absolute atomic E-state index is 11.5. The lowest BCUT2D eigenvalue weighted by molar-refractivity contribution is -0.131. The zero-order valence-electron chi connectivity index (χ0n) is 7.92. The van der Waals surface area contributed by atoms with Gasteiger partial charge >= 0.3 is 0 Å². The normalized spacial score (nSPS) is 25.2. The van der Waals surface area contributed by atoms with Crippen molar-refractivity contribution in [2.75, 3.05) is 13.1 Å². The minimum Gasteiger partial charge on any atom is -0.317 e. The number of amides is 1. The van der Waals surface area contributed by atoms with Gasteiger partial charge in [-0.25, -0.2) is 5.01 Å². The molecule has 0 aliphatic carbocycles. The van der Waals surface area contributed by atoms with Crippen LogP contribution in [-0.4, -0.2) is 35.8 Å². The molecule has 1 N–H and O–H groups in total. The number of rotatable bonds is 1. The third-order valence-electron chi connectivity index (χ3n) is 2.60. The van der Waals surface area contributed by atoms with Gasteiger partial charge in [0.25, 0.3) is 0 Å². The molecule has 4 heteroatoms. The number of nitrogens with one attached hydrogen (secondary N) is 1. The maximum atomic E-state index is 11.5. The molecule has 4 nitrogen and oxygen atoms in total. The summed E-state index contributed by atoms with van der Waals surface area (Å²) in [6, 6.07) is 0.339. The summed E-state index contributed by atoms with van der Waals surface area (Å²) in [5, 5.41) is 9.23. The van der Waals surface area contributed by atoms with Crippen molar-refractivity contribution in [2.45, 2.75) is 32.2 Å². The van der Waals surface area contributed by atoms with Gasteiger partial charge < -0.3 is 5.32 Å². The predicted octanol–water partition coefficient (Wildman–Crippen LogP) is 0.347. The molecule has 2 aliphatic rings. The van der Waals surface area contributed by atoms with Gasteiger partial charge in [0, 0.05) is 5.71 Å². The summed E-state index contributed by atoms with van der Waals surface area (Å²) >= 11 is 0. The summed E-state index contributed by atoms with van der Waals surface area (Å²) < 4.78 is 0. The predicted molar refractivity (Wildman–Crippen MR) is 50.5 cm³/mol. The lowest BCUT2D eigenvalue weighted by atomic mass is 10.1. The van der Waals surface area contributed by atoms with Gasteiger partial charge in [-0.05, 0) is 32.9 Å². The van der Waals surface area contributed by atoms with Crippen molar-refractivity contribution in [3.05, 3.63) is 0 Å². The molecule has 0 saturated carbocycles. The lowest BCUT2D eigenvalue weighted by Gasteiger charge is -2.28. The van der Waals surface area contributed by atoms with E-state index in [1.165, 1.54) is 0 Å². The van der Waals surface area contributed by atoms with Crippen molar-refractivity contribution < 1.29 is 4.79 Å². The highest BCUT2D eigenvalue weighted by molar-refractivity contribution is 6.03. The Labute approximate surface area is 78.0 Å². The van der Waals surface area contributed by atoms with Crippen LogP contribution < -0.4 is 5.32 Å². The van der Waals surface area contributed by atoms with Gasteiger partial charge in [0.05, 0.1) is 12.5 Å². The second-order valence-electron chi connectivity index (χ2n) is 3.73. The van der Waals surface area contributed by atoms with Crippen LogP contribution in [0.1, 0.15) is 26.2 Å². The molecule has 0 bridgehead atoms. The van der Waals surface area contributed by atoms with Crippen LogP contribution in [0.3, 0.4) is 0 Å². The zero-order valence-corrected chi connectivity index (χ0v) is 7.92. The number of carbonyl (C=O) groups excluding carboxylic acids is 1. The molecule has 1 amide bonds. The van der Waals surface area contributed by atoms with Crippen molar-refractivity contribution >= 4 is 11.6 Å². The Balaban J connectivity index is 2.02. The fourth-order valence-corrected chi connectivity index (χ4v) is 1.91. The number of nitrogens with zero attached hydrogens (tertiary/aromatic N) is 2. The van der Waals surface area contributed by atoms with Crippen LogP contribution >= 0.6 is 0 Å². The summed E-state index contributed by atoms with van der Waals surface area (Å²) in [7, 11) is 0. The highest BCUT2D eigenvalue weighted by Gasteiger charge is 2.29. The molecular formula is C9H15N3O. The molecule has 0 unspecified atom stereocenters. The summed E-state index contributed by atoms with van der Waals surface area (Å²) in [5.74, 6) is 0.171. The molecule has 1 fully saturated rings. The first-order valence-corrected chi connectivity index (χ1v) is 4.84. The van der Waals surface area contributed by atoms with Crippen LogP contribution in [0.15, 0.2) is 5.10 Å². The van der Waals surface area contributed by atoms with Crippen molar-refractivity contribution in [2.24, 2.45) is 5.10 Å². The van der Waals surface area contributed by atoms with Gasteiger partial charge in [-0.2, -0.15) is 5.10 Å². The zero-order chi connectivity index (χ0) is 9.26. The molecular weight excluding hydrogens is 166 g/mol. The summed E-state index contributed by atoms with van der Waals surface area (Å²) in [4.78, 5) is 11.5. The smallest absolute Gasteiger partial charge is 0.248 e. The lowest BCUT2D eigenvalue weighted by Crippen LogP contribution is -2.41. The van der Waals surface area contributed by atoms with E-state index in [-0.39, 0.29) is 5.91 Å². The van der Waals surface area contributed by atoms with E-state index in [9.17, 15) is 4.79 Å². The van der Waals surface area contributed by atoms with Crippen LogP contribution in [0.2, 0.25) is 0 Å². The monoisotopic (exact) mass is 181 g/mol. The Hall–Kier alpha value is -0.900. The average Bonchev–Trinajstić information content (AvgIpc) is 2.47. The SMILES string of the molecule is CC1=NN(C2CCNCC2)C(=O)C1. The molecule has 0 aromatic carbocycles. The van der Waals surface area contributed by atoms with E-state index < -0.39 is 0 Å². The van der Waals surface area contributed by atoms with E-state index >= 15 is 0 Å². The quantitative estimate of drug-likeness (QED) is 0.634. The molecule has 2 rings (SSSR count). The summed E-state index contributed by atoms with van der Waals surface area (Å²) in [5.41, 5.74) is 0.948. The van der Waals surface area contributed by atoms with Crippen molar-refractivity contribution in [3.8, 4) is 0 Å². The Morgan fingerprint density at radius 3 is 2.69 bits per heavy atom. The van der Waals surface area contributed by atoms with E-state index in [2.05, 4.69) is 10.4 Å². The Morgan fingerprint density at radius 2 is 2.15 bits per heavy atom. The maximum Gasteiger partial charge on any atom is 0.248 e. The fourth-order valence-electron chi connectivity index (χ4n) is 1.91. The molecule has 0 aromatic heterocycles. The van der Waals surface area contributed by atoms with Gasteiger partial charge in [-0.15, -0.1) is 0 Å².